The molecule has 3 heterocycles. The average molecular weight is 314 g/mol. The van der Waals surface area contributed by atoms with Crippen molar-refractivity contribution in [2.24, 2.45) is 11.8 Å². The molecule has 0 radical (unpaired) electrons. The Kier molecular flexibility index (Phi) is 3.89. The number of nitrogens with zero attached hydrogens (tertiary/aromatic N) is 4. The van der Waals surface area contributed by atoms with Crippen molar-refractivity contribution in [1.82, 2.24) is 14.9 Å². The van der Waals surface area contributed by atoms with Gasteiger partial charge in [0.2, 0.25) is 0 Å². The third-order valence-electron chi connectivity index (χ3n) is 5.55. The van der Waals surface area contributed by atoms with Crippen molar-refractivity contribution in [2.75, 3.05) is 38.1 Å². The quantitative estimate of drug-likeness (QED) is 0.853. The zero-order valence-electron chi connectivity index (χ0n) is 13.6. The van der Waals surface area contributed by atoms with Gasteiger partial charge in [-0.1, -0.05) is 6.07 Å². The maximum Gasteiger partial charge on any atom is 0.149 e. The molecule has 2 fully saturated rings. The summed E-state index contributed by atoms with van der Waals surface area (Å²) in [7, 11) is 2.21. The summed E-state index contributed by atoms with van der Waals surface area (Å²) in [4.78, 5) is 13.3. The highest BCUT2D eigenvalue weighted by atomic mass is 19.1. The minimum atomic E-state index is -0.266. The third-order valence-corrected chi connectivity index (χ3v) is 5.55. The van der Waals surface area contributed by atoms with Crippen molar-refractivity contribution in [2.45, 2.75) is 19.3 Å². The first-order chi connectivity index (χ1) is 11.2. The molecule has 1 atom stereocenters. The molecule has 0 amide bonds. The van der Waals surface area contributed by atoms with E-state index in [1.807, 2.05) is 6.07 Å². The minimum absolute atomic E-state index is 0.266. The van der Waals surface area contributed by atoms with Gasteiger partial charge in [-0.25, -0.2) is 14.4 Å². The van der Waals surface area contributed by atoms with Gasteiger partial charge in [-0.15, -0.1) is 0 Å². The largest absolute Gasteiger partial charge is 0.356 e. The Morgan fingerprint density at radius 1 is 1.04 bits per heavy atom. The number of anilines is 1. The highest BCUT2D eigenvalue weighted by molar-refractivity contribution is 5.89. The molecule has 0 N–H and O–H groups in total. The van der Waals surface area contributed by atoms with Crippen LogP contribution in [0.3, 0.4) is 0 Å². The van der Waals surface area contributed by atoms with Crippen LogP contribution in [-0.4, -0.2) is 48.1 Å². The van der Waals surface area contributed by atoms with E-state index in [-0.39, 0.29) is 5.82 Å². The van der Waals surface area contributed by atoms with Gasteiger partial charge in [0, 0.05) is 18.5 Å². The molecule has 23 heavy (non-hydrogen) atoms. The van der Waals surface area contributed by atoms with E-state index in [9.17, 15) is 4.39 Å². The van der Waals surface area contributed by atoms with Crippen LogP contribution in [0.15, 0.2) is 24.5 Å². The van der Waals surface area contributed by atoms with Gasteiger partial charge in [0.05, 0.1) is 0 Å². The fourth-order valence-corrected chi connectivity index (χ4v) is 4.15. The number of likely N-dealkylation sites (tertiary alicyclic amines) is 1. The Hall–Kier alpha value is -1.75. The Labute approximate surface area is 136 Å². The first-order valence-corrected chi connectivity index (χ1v) is 8.55. The summed E-state index contributed by atoms with van der Waals surface area (Å²) in [6.07, 6.45) is 5.31. The van der Waals surface area contributed by atoms with Gasteiger partial charge < -0.3 is 9.80 Å². The maximum atomic E-state index is 13.9. The number of rotatable bonds is 2. The predicted octanol–water partition coefficient (Wildman–Crippen LogP) is 2.94. The van der Waals surface area contributed by atoms with Crippen LogP contribution < -0.4 is 4.90 Å². The molecule has 2 aliphatic heterocycles. The van der Waals surface area contributed by atoms with E-state index in [1.54, 1.807) is 6.07 Å². The second kappa shape index (κ2) is 6.04. The van der Waals surface area contributed by atoms with E-state index in [0.29, 0.717) is 5.52 Å². The zero-order valence-corrected chi connectivity index (χ0v) is 13.6. The standard InChI is InChI=1S/C18H23FN4/c1-22-8-5-13(6-9-22)14-7-10-23(11-14)18-15-3-2-4-16(19)17(15)20-12-21-18/h2-4,12-14H,5-11H2,1H3. The monoisotopic (exact) mass is 314 g/mol. The predicted molar refractivity (Wildman–Crippen MR) is 90.0 cm³/mol. The third kappa shape index (κ3) is 2.78. The van der Waals surface area contributed by atoms with Gasteiger partial charge in [0.1, 0.15) is 23.5 Å². The summed E-state index contributed by atoms with van der Waals surface area (Å²) in [5, 5.41) is 0.830. The van der Waals surface area contributed by atoms with Crippen LogP contribution in [0.2, 0.25) is 0 Å². The van der Waals surface area contributed by atoms with Crippen molar-refractivity contribution >= 4 is 16.7 Å². The minimum Gasteiger partial charge on any atom is -0.356 e. The van der Waals surface area contributed by atoms with Crippen molar-refractivity contribution in [1.29, 1.82) is 0 Å². The Morgan fingerprint density at radius 3 is 2.65 bits per heavy atom. The molecule has 0 bridgehead atoms. The number of hydrogen-bond acceptors (Lipinski definition) is 4. The van der Waals surface area contributed by atoms with E-state index in [4.69, 9.17) is 0 Å². The lowest BCUT2D eigenvalue weighted by atomic mass is 9.84. The van der Waals surface area contributed by atoms with Crippen molar-refractivity contribution in [3.63, 3.8) is 0 Å². The van der Waals surface area contributed by atoms with E-state index in [0.717, 1.165) is 36.1 Å². The highest BCUT2D eigenvalue weighted by Gasteiger charge is 2.32. The second-order valence-electron chi connectivity index (χ2n) is 6.97. The summed E-state index contributed by atoms with van der Waals surface area (Å²) in [5.74, 6) is 2.19. The average Bonchev–Trinajstić information content (AvgIpc) is 3.05. The lowest BCUT2D eigenvalue weighted by molar-refractivity contribution is 0.178. The summed E-state index contributed by atoms with van der Waals surface area (Å²) < 4.78 is 13.9. The topological polar surface area (TPSA) is 32.3 Å². The van der Waals surface area contributed by atoms with Crippen LogP contribution >= 0.6 is 0 Å². The van der Waals surface area contributed by atoms with E-state index >= 15 is 0 Å². The fourth-order valence-electron chi connectivity index (χ4n) is 4.15. The number of aromatic nitrogens is 2. The van der Waals surface area contributed by atoms with Crippen LogP contribution in [0.4, 0.5) is 10.2 Å². The van der Waals surface area contributed by atoms with E-state index < -0.39 is 0 Å². The summed E-state index contributed by atoms with van der Waals surface area (Å²) in [6.45, 7) is 4.47. The molecule has 0 saturated carbocycles. The molecule has 4 nitrogen and oxygen atoms in total. The number of para-hydroxylation sites is 1. The Bertz CT molecular complexity index is 696. The van der Waals surface area contributed by atoms with Crippen molar-refractivity contribution < 1.29 is 4.39 Å². The van der Waals surface area contributed by atoms with Crippen LogP contribution in [-0.2, 0) is 0 Å². The lowest BCUT2D eigenvalue weighted by Gasteiger charge is -2.32. The van der Waals surface area contributed by atoms with Crippen molar-refractivity contribution in [3.05, 3.63) is 30.3 Å². The molecule has 1 aromatic carbocycles. The van der Waals surface area contributed by atoms with E-state index in [1.165, 1.54) is 44.7 Å². The number of piperidine rings is 1. The van der Waals surface area contributed by atoms with Gasteiger partial charge in [-0.05, 0) is 63.4 Å². The number of fused-ring (bicyclic) bond motifs is 1. The molecule has 122 valence electrons. The molecule has 2 aliphatic rings. The van der Waals surface area contributed by atoms with Gasteiger partial charge in [0.25, 0.3) is 0 Å². The summed E-state index contributed by atoms with van der Waals surface area (Å²) in [6, 6.07) is 5.14. The second-order valence-corrected chi connectivity index (χ2v) is 6.97. The highest BCUT2D eigenvalue weighted by Crippen LogP contribution is 2.35. The number of benzene rings is 1. The Morgan fingerprint density at radius 2 is 1.83 bits per heavy atom. The van der Waals surface area contributed by atoms with Crippen molar-refractivity contribution in [3.8, 4) is 0 Å². The van der Waals surface area contributed by atoms with Gasteiger partial charge in [0.15, 0.2) is 0 Å². The van der Waals surface area contributed by atoms with Gasteiger partial charge in [-0.2, -0.15) is 0 Å². The fraction of sp³-hybridized carbons (Fsp3) is 0.556. The SMILES string of the molecule is CN1CCC(C2CCN(c3ncnc4c(F)cccc34)C2)CC1. The van der Waals surface area contributed by atoms with Gasteiger partial charge >= 0.3 is 0 Å². The molecule has 1 unspecified atom stereocenters. The molecule has 2 saturated heterocycles. The van der Waals surface area contributed by atoms with Crippen LogP contribution in [0, 0.1) is 17.7 Å². The van der Waals surface area contributed by atoms with Crippen LogP contribution in [0.5, 0.6) is 0 Å². The summed E-state index contributed by atoms with van der Waals surface area (Å²) >= 11 is 0. The smallest absolute Gasteiger partial charge is 0.149 e. The normalized spacial score (nSPS) is 23.7. The lowest BCUT2D eigenvalue weighted by Crippen LogP contribution is -2.34. The molecule has 5 heteroatoms. The molecule has 0 aliphatic carbocycles. The molecular weight excluding hydrogens is 291 g/mol. The summed E-state index contributed by atoms with van der Waals surface area (Å²) in [5.41, 5.74) is 0.431. The number of hydrogen-bond donors (Lipinski definition) is 0. The van der Waals surface area contributed by atoms with E-state index in [2.05, 4.69) is 26.8 Å². The zero-order chi connectivity index (χ0) is 15.8. The van der Waals surface area contributed by atoms with Crippen LogP contribution in [0.1, 0.15) is 19.3 Å². The molecular formula is C18H23FN4. The first kappa shape index (κ1) is 14.8. The molecule has 0 spiro atoms. The first-order valence-electron chi connectivity index (χ1n) is 8.55. The maximum absolute atomic E-state index is 13.9. The molecule has 4 rings (SSSR count). The van der Waals surface area contributed by atoms with Gasteiger partial charge in [-0.3, -0.25) is 0 Å². The molecule has 2 aromatic rings. The molecule has 1 aromatic heterocycles. The van der Waals surface area contributed by atoms with Crippen LogP contribution in [0.25, 0.3) is 10.9 Å². The Balaban J connectivity index is 1.55. The number of halogens is 1.